The molecule has 0 atom stereocenters. The van der Waals surface area contributed by atoms with Crippen LogP contribution in [0.4, 0.5) is 0 Å². The van der Waals surface area contributed by atoms with Crippen LogP contribution >= 0.6 is 0 Å². The molecule has 7 heteroatoms. The van der Waals surface area contributed by atoms with E-state index in [2.05, 4.69) is 9.46 Å². The molecule has 1 N–H and O–H groups in total. The fraction of sp³-hybridized carbons (Fsp3) is 0.900. The molecule has 0 rings (SSSR count). The maximum Gasteiger partial charge on any atom is 0.321 e. The number of hydrogen-bond donors (Lipinski definition) is 1. The monoisotopic (exact) mass is 266 g/mol. The van der Waals surface area contributed by atoms with E-state index in [0.29, 0.717) is 19.5 Å². The van der Waals surface area contributed by atoms with E-state index < -0.39 is 16.2 Å². The summed E-state index contributed by atoms with van der Waals surface area (Å²) in [6.45, 7) is 6.06. The maximum atomic E-state index is 11.9. The summed E-state index contributed by atoms with van der Waals surface area (Å²) in [6.07, 6.45) is 0.638. The predicted molar refractivity (Wildman–Crippen MR) is 65.6 cm³/mol. The Labute approximate surface area is 104 Å². The van der Waals surface area contributed by atoms with Gasteiger partial charge in [0, 0.05) is 13.1 Å². The highest BCUT2D eigenvalue weighted by Crippen LogP contribution is 2.01. The zero-order valence-electron chi connectivity index (χ0n) is 10.9. The minimum absolute atomic E-state index is 0.214. The number of rotatable bonds is 8. The van der Waals surface area contributed by atoms with Gasteiger partial charge in [0.15, 0.2) is 0 Å². The number of methoxy groups -OCH3 is 1. The Bertz CT molecular complexity index is 327. The summed E-state index contributed by atoms with van der Waals surface area (Å²) in [5, 5.41) is 0. The average Bonchev–Trinajstić information content (AvgIpc) is 2.25. The Hall–Kier alpha value is -0.660. The van der Waals surface area contributed by atoms with E-state index in [-0.39, 0.29) is 12.5 Å². The number of hydrogen-bond acceptors (Lipinski definition) is 4. The number of nitrogens with zero attached hydrogens (tertiary/aromatic N) is 1. The largest absolute Gasteiger partial charge is 0.468 e. The van der Waals surface area contributed by atoms with Gasteiger partial charge in [-0.3, -0.25) is 4.79 Å². The van der Waals surface area contributed by atoms with E-state index in [1.165, 1.54) is 7.11 Å². The van der Waals surface area contributed by atoms with Crippen molar-refractivity contribution >= 4 is 16.2 Å². The lowest BCUT2D eigenvalue weighted by Crippen LogP contribution is -2.45. The third kappa shape index (κ3) is 6.60. The Morgan fingerprint density at radius 1 is 1.41 bits per heavy atom. The highest BCUT2D eigenvalue weighted by atomic mass is 32.2. The van der Waals surface area contributed by atoms with Crippen LogP contribution < -0.4 is 4.72 Å². The standard InChI is InChI=1S/C10H22N2O4S/c1-5-6-12(8-10(13)16-4)17(14,15)11-7-9(2)3/h9,11H,5-8H2,1-4H3. The smallest absolute Gasteiger partial charge is 0.321 e. The molecule has 0 bridgehead atoms. The summed E-state index contributed by atoms with van der Waals surface area (Å²) < 4.78 is 31.8. The summed E-state index contributed by atoms with van der Waals surface area (Å²) in [7, 11) is -2.37. The summed E-state index contributed by atoms with van der Waals surface area (Å²) in [4.78, 5) is 11.1. The first-order valence-corrected chi connectivity index (χ1v) is 7.09. The maximum absolute atomic E-state index is 11.9. The number of nitrogens with one attached hydrogen (secondary N) is 1. The first kappa shape index (κ1) is 16.3. The third-order valence-electron chi connectivity index (χ3n) is 2.02. The van der Waals surface area contributed by atoms with Gasteiger partial charge in [-0.1, -0.05) is 20.8 Å². The molecule has 0 radical (unpaired) electrons. The van der Waals surface area contributed by atoms with E-state index in [1.807, 2.05) is 20.8 Å². The number of carbonyl (C=O) groups excluding carboxylic acids is 1. The van der Waals surface area contributed by atoms with Crippen molar-refractivity contribution in [3.63, 3.8) is 0 Å². The molecule has 0 aromatic heterocycles. The van der Waals surface area contributed by atoms with Crippen LogP contribution in [0.25, 0.3) is 0 Å². The quantitative estimate of drug-likeness (QED) is 0.644. The van der Waals surface area contributed by atoms with E-state index in [1.54, 1.807) is 0 Å². The second-order valence-corrected chi connectivity index (χ2v) is 5.91. The lowest BCUT2D eigenvalue weighted by Gasteiger charge is -2.21. The van der Waals surface area contributed by atoms with Gasteiger partial charge in [0.2, 0.25) is 0 Å². The Balaban J connectivity index is 4.60. The van der Waals surface area contributed by atoms with Crippen molar-refractivity contribution in [2.24, 2.45) is 5.92 Å². The van der Waals surface area contributed by atoms with E-state index in [9.17, 15) is 13.2 Å². The predicted octanol–water partition coefficient (Wildman–Crippen LogP) is 0.362. The first-order valence-electron chi connectivity index (χ1n) is 5.65. The van der Waals surface area contributed by atoms with Gasteiger partial charge >= 0.3 is 5.97 Å². The molecule has 17 heavy (non-hydrogen) atoms. The van der Waals surface area contributed by atoms with Gasteiger partial charge in [0.05, 0.1) is 7.11 Å². The number of ether oxygens (including phenoxy) is 1. The molecule has 0 saturated carbocycles. The molecule has 0 aliphatic rings. The van der Waals surface area contributed by atoms with Crippen molar-refractivity contribution in [2.45, 2.75) is 27.2 Å². The topological polar surface area (TPSA) is 75.7 Å². The van der Waals surface area contributed by atoms with Crippen LogP contribution in [-0.4, -0.2) is 45.4 Å². The van der Waals surface area contributed by atoms with Gasteiger partial charge in [-0.2, -0.15) is 12.7 Å². The summed E-state index contributed by atoms with van der Waals surface area (Å²) in [5.74, 6) is -0.347. The molecule has 0 aromatic carbocycles. The van der Waals surface area contributed by atoms with Crippen LogP contribution in [0.2, 0.25) is 0 Å². The molecule has 0 unspecified atom stereocenters. The summed E-state index contributed by atoms with van der Waals surface area (Å²) in [6, 6.07) is 0. The van der Waals surface area contributed by atoms with Crippen LogP contribution in [0.3, 0.4) is 0 Å². The van der Waals surface area contributed by atoms with Crippen molar-refractivity contribution in [2.75, 3.05) is 26.7 Å². The van der Waals surface area contributed by atoms with Gasteiger partial charge in [-0.05, 0) is 12.3 Å². The second kappa shape index (κ2) is 7.62. The van der Waals surface area contributed by atoms with Crippen LogP contribution in [0.1, 0.15) is 27.2 Å². The number of esters is 1. The number of carbonyl (C=O) groups is 1. The Morgan fingerprint density at radius 2 is 2.00 bits per heavy atom. The fourth-order valence-electron chi connectivity index (χ4n) is 1.11. The van der Waals surface area contributed by atoms with Crippen molar-refractivity contribution in [1.29, 1.82) is 0 Å². The van der Waals surface area contributed by atoms with Gasteiger partial charge in [0.1, 0.15) is 6.54 Å². The van der Waals surface area contributed by atoms with E-state index in [0.717, 1.165) is 4.31 Å². The van der Waals surface area contributed by atoms with Crippen molar-refractivity contribution in [1.82, 2.24) is 9.03 Å². The average molecular weight is 266 g/mol. The van der Waals surface area contributed by atoms with Crippen LogP contribution in [-0.2, 0) is 19.7 Å². The molecule has 0 spiro atoms. The Kier molecular flexibility index (Phi) is 7.33. The fourth-order valence-corrected chi connectivity index (χ4v) is 2.53. The van der Waals surface area contributed by atoms with Crippen molar-refractivity contribution < 1.29 is 17.9 Å². The zero-order chi connectivity index (χ0) is 13.5. The Morgan fingerprint density at radius 3 is 2.41 bits per heavy atom. The molecular formula is C10H22N2O4S. The zero-order valence-corrected chi connectivity index (χ0v) is 11.7. The molecule has 0 fully saturated rings. The summed E-state index contributed by atoms with van der Waals surface area (Å²) in [5.41, 5.74) is 0. The van der Waals surface area contributed by atoms with Gasteiger partial charge in [-0.25, -0.2) is 4.72 Å². The van der Waals surface area contributed by atoms with Gasteiger partial charge in [-0.15, -0.1) is 0 Å². The van der Waals surface area contributed by atoms with Crippen molar-refractivity contribution in [3.05, 3.63) is 0 Å². The lowest BCUT2D eigenvalue weighted by molar-refractivity contribution is -0.140. The second-order valence-electron chi connectivity index (χ2n) is 4.16. The highest BCUT2D eigenvalue weighted by Gasteiger charge is 2.23. The molecule has 0 aliphatic carbocycles. The van der Waals surface area contributed by atoms with Crippen LogP contribution in [0, 0.1) is 5.92 Å². The van der Waals surface area contributed by atoms with E-state index in [4.69, 9.17) is 0 Å². The third-order valence-corrected chi connectivity index (χ3v) is 3.54. The molecule has 0 aliphatic heterocycles. The molecular weight excluding hydrogens is 244 g/mol. The van der Waals surface area contributed by atoms with Crippen LogP contribution in [0.5, 0.6) is 0 Å². The van der Waals surface area contributed by atoms with Crippen molar-refractivity contribution in [3.8, 4) is 0 Å². The molecule has 0 saturated heterocycles. The van der Waals surface area contributed by atoms with Gasteiger partial charge < -0.3 is 4.74 Å². The molecule has 102 valence electrons. The van der Waals surface area contributed by atoms with E-state index >= 15 is 0 Å². The first-order chi connectivity index (χ1) is 7.83. The molecule has 0 amide bonds. The highest BCUT2D eigenvalue weighted by molar-refractivity contribution is 7.87. The normalized spacial score (nSPS) is 12.1. The summed E-state index contributed by atoms with van der Waals surface area (Å²) >= 11 is 0. The molecule has 0 heterocycles. The SMILES string of the molecule is CCCN(CC(=O)OC)S(=O)(=O)NCC(C)C. The molecule has 6 nitrogen and oxygen atoms in total. The minimum Gasteiger partial charge on any atom is -0.468 e. The van der Waals surface area contributed by atoms with Crippen LogP contribution in [0.15, 0.2) is 0 Å². The molecule has 0 aromatic rings. The van der Waals surface area contributed by atoms with Gasteiger partial charge in [0.25, 0.3) is 10.2 Å². The lowest BCUT2D eigenvalue weighted by atomic mass is 10.2. The minimum atomic E-state index is -3.60.